The number of aryl methyl sites for hydroxylation is 1. The molecule has 0 spiro atoms. The highest BCUT2D eigenvalue weighted by atomic mass is 16.2. The summed E-state index contributed by atoms with van der Waals surface area (Å²) in [5.74, 6) is -0.250. The molecule has 4 heteroatoms. The highest BCUT2D eigenvalue weighted by Crippen LogP contribution is 2.48. The fourth-order valence-corrected chi connectivity index (χ4v) is 3.28. The summed E-state index contributed by atoms with van der Waals surface area (Å²) in [6, 6.07) is 17.8. The van der Waals surface area contributed by atoms with E-state index < -0.39 is 5.41 Å². The molecule has 0 unspecified atom stereocenters. The van der Waals surface area contributed by atoms with Gasteiger partial charge in [-0.15, -0.1) is 0 Å². The van der Waals surface area contributed by atoms with Gasteiger partial charge in [0.2, 0.25) is 11.8 Å². The third-order valence-electron chi connectivity index (χ3n) is 5.29. The number of carbonyl (C=O) groups is 2. The third-order valence-corrected chi connectivity index (χ3v) is 5.29. The number of carbonyl (C=O) groups excluding carboxylic acids is 2. The predicted molar refractivity (Wildman–Crippen MR) is 108 cm³/mol. The minimum Gasteiger partial charge on any atom is -0.335 e. The van der Waals surface area contributed by atoms with Crippen molar-refractivity contribution in [3.63, 3.8) is 0 Å². The minimum absolute atomic E-state index is 0.0341. The van der Waals surface area contributed by atoms with E-state index in [1.165, 1.54) is 5.56 Å². The van der Waals surface area contributed by atoms with Crippen LogP contribution in [0.3, 0.4) is 0 Å². The number of amides is 2. The zero-order valence-electron chi connectivity index (χ0n) is 16.4. The van der Waals surface area contributed by atoms with E-state index in [9.17, 15) is 9.59 Å². The van der Waals surface area contributed by atoms with Gasteiger partial charge in [0.05, 0.1) is 0 Å². The lowest BCUT2D eigenvalue weighted by Gasteiger charge is -2.30. The molecule has 0 heterocycles. The molecule has 1 aliphatic rings. The second-order valence-corrected chi connectivity index (χ2v) is 7.60. The van der Waals surface area contributed by atoms with Crippen molar-refractivity contribution in [2.45, 2.75) is 52.6 Å². The molecule has 1 aliphatic carbocycles. The predicted octanol–water partition coefficient (Wildman–Crippen LogP) is 4.40. The van der Waals surface area contributed by atoms with Crippen molar-refractivity contribution in [3.8, 4) is 0 Å². The van der Waals surface area contributed by atoms with Crippen LogP contribution in [0.25, 0.3) is 0 Å². The van der Waals surface area contributed by atoms with Crippen LogP contribution < -0.4 is 5.32 Å². The number of nitrogens with zero attached hydrogens (tertiary/aromatic N) is 1. The van der Waals surface area contributed by atoms with Crippen molar-refractivity contribution in [3.05, 3.63) is 65.7 Å². The van der Waals surface area contributed by atoms with Crippen LogP contribution in [0.5, 0.6) is 0 Å². The van der Waals surface area contributed by atoms with Gasteiger partial charge in [-0.25, -0.2) is 0 Å². The zero-order valence-corrected chi connectivity index (χ0v) is 16.4. The number of hydrogen-bond donors (Lipinski definition) is 1. The van der Waals surface area contributed by atoms with Crippen LogP contribution in [-0.4, -0.2) is 22.8 Å². The van der Waals surface area contributed by atoms with E-state index in [0.717, 1.165) is 17.7 Å². The second-order valence-electron chi connectivity index (χ2n) is 7.60. The Hall–Kier alpha value is -2.62. The number of hydrogen-bond acceptors (Lipinski definition) is 2. The van der Waals surface area contributed by atoms with Crippen LogP contribution in [0.2, 0.25) is 0 Å². The Morgan fingerprint density at radius 2 is 1.63 bits per heavy atom. The van der Waals surface area contributed by atoms with Gasteiger partial charge in [-0.3, -0.25) is 9.59 Å². The maximum absolute atomic E-state index is 13.3. The molecule has 0 aromatic heterocycles. The van der Waals surface area contributed by atoms with Crippen LogP contribution >= 0.6 is 0 Å². The lowest BCUT2D eigenvalue weighted by molar-refractivity contribution is -0.144. The minimum atomic E-state index is -0.914. The van der Waals surface area contributed by atoms with Crippen molar-refractivity contribution in [1.29, 1.82) is 0 Å². The molecule has 0 saturated heterocycles. The molecule has 0 bridgehead atoms. The van der Waals surface area contributed by atoms with Gasteiger partial charge in [0, 0.05) is 18.3 Å². The highest BCUT2D eigenvalue weighted by molar-refractivity contribution is 6.13. The van der Waals surface area contributed by atoms with Gasteiger partial charge in [-0.05, 0) is 56.4 Å². The average Bonchev–Trinajstić information content (AvgIpc) is 3.49. The Labute approximate surface area is 161 Å². The van der Waals surface area contributed by atoms with Crippen LogP contribution in [-0.2, 0) is 22.6 Å². The maximum atomic E-state index is 13.3. The first-order valence-corrected chi connectivity index (χ1v) is 9.71. The molecule has 1 fully saturated rings. The Bertz CT molecular complexity index is 793. The van der Waals surface area contributed by atoms with E-state index in [4.69, 9.17) is 0 Å². The summed E-state index contributed by atoms with van der Waals surface area (Å²) in [6.45, 7) is 6.62. The Morgan fingerprint density at radius 1 is 1.00 bits per heavy atom. The molecule has 27 heavy (non-hydrogen) atoms. The van der Waals surface area contributed by atoms with Crippen LogP contribution in [0.15, 0.2) is 54.6 Å². The molecule has 3 rings (SSSR count). The normalized spacial score (nSPS) is 14.7. The van der Waals surface area contributed by atoms with E-state index in [1.54, 1.807) is 0 Å². The van der Waals surface area contributed by atoms with E-state index in [-0.39, 0.29) is 17.9 Å². The van der Waals surface area contributed by atoms with Crippen LogP contribution in [0, 0.1) is 5.41 Å². The van der Waals surface area contributed by atoms with Gasteiger partial charge in [0.15, 0.2) is 0 Å². The van der Waals surface area contributed by atoms with Crippen molar-refractivity contribution >= 4 is 17.5 Å². The number of nitrogens with one attached hydrogen (secondary N) is 1. The van der Waals surface area contributed by atoms with Crippen molar-refractivity contribution in [2.24, 2.45) is 5.41 Å². The maximum Gasteiger partial charge on any atom is 0.240 e. The number of anilines is 1. The molecular formula is C23H28N2O2. The summed E-state index contributed by atoms with van der Waals surface area (Å²) < 4.78 is 0. The Morgan fingerprint density at radius 3 is 2.15 bits per heavy atom. The molecule has 2 aromatic carbocycles. The van der Waals surface area contributed by atoms with Crippen LogP contribution in [0.1, 0.15) is 44.7 Å². The summed E-state index contributed by atoms with van der Waals surface area (Å²) in [5.41, 5.74) is 2.13. The van der Waals surface area contributed by atoms with Crippen molar-refractivity contribution in [2.75, 3.05) is 5.32 Å². The molecule has 0 atom stereocenters. The molecule has 2 amide bonds. The molecule has 1 N–H and O–H groups in total. The molecule has 0 radical (unpaired) electrons. The molecule has 4 nitrogen and oxygen atoms in total. The van der Waals surface area contributed by atoms with E-state index in [2.05, 4.69) is 12.2 Å². The lowest BCUT2D eigenvalue weighted by Crippen LogP contribution is -2.45. The largest absolute Gasteiger partial charge is 0.335 e. The standard InChI is InChI=1S/C23H28N2O2/c1-4-18-10-12-20(13-11-18)24-21(26)23(14-15-23)22(27)25(17(2)3)16-19-8-6-5-7-9-19/h5-13,17H,4,14-16H2,1-3H3,(H,24,26). The van der Waals surface area contributed by atoms with Crippen molar-refractivity contribution < 1.29 is 9.59 Å². The van der Waals surface area contributed by atoms with Gasteiger partial charge >= 0.3 is 0 Å². The number of benzene rings is 2. The van der Waals surface area contributed by atoms with Gasteiger partial charge in [-0.1, -0.05) is 49.4 Å². The van der Waals surface area contributed by atoms with E-state index in [1.807, 2.05) is 73.3 Å². The van der Waals surface area contributed by atoms with E-state index >= 15 is 0 Å². The second kappa shape index (κ2) is 7.95. The van der Waals surface area contributed by atoms with Gasteiger partial charge in [0.25, 0.3) is 0 Å². The number of rotatable bonds is 7. The summed E-state index contributed by atoms with van der Waals surface area (Å²) in [4.78, 5) is 28.0. The van der Waals surface area contributed by atoms with Crippen LogP contribution in [0.4, 0.5) is 5.69 Å². The Balaban J connectivity index is 1.73. The SMILES string of the molecule is CCc1ccc(NC(=O)C2(C(=O)N(Cc3ccccc3)C(C)C)CC2)cc1. The first-order valence-electron chi connectivity index (χ1n) is 9.71. The van der Waals surface area contributed by atoms with Crippen molar-refractivity contribution in [1.82, 2.24) is 4.90 Å². The molecular weight excluding hydrogens is 336 g/mol. The van der Waals surface area contributed by atoms with Gasteiger partial charge in [-0.2, -0.15) is 0 Å². The summed E-state index contributed by atoms with van der Waals surface area (Å²) in [7, 11) is 0. The third kappa shape index (κ3) is 4.21. The van der Waals surface area contributed by atoms with E-state index in [0.29, 0.717) is 19.4 Å². The smallest absolute Gasteiger partial charge is 0.240 e. The quantitative estimate of drug-likeness (QED) is 0.740. The fraction of sp³-hybridized carbons (Fsp3) is 0.391. The fourth-order valence-electron chi connectivity index (χ4n) is 3.28. The molecule has 0 aliphatic heterocycles. The Kier molecular flexibility index (Phi) is 5.64. The molecule has 2 aromatic rings. The topological polar surface area (TPSA) is 49.4 Å². The average molecular weight is 364 g/mol. The summed E-state index contributed by atoms with van der Waals surface area (Å²) in [6.07, 6.45) is 2.19. The summed E-state index contributed by atoms with van der Waals surface area (Å²) in [5, 5.41) is 2.95. The van der Waals surface area contributed by atoms with Gasteiger partial charge < -0.3 is 10.2 Å². The highest BCUT2D eigenvalue weighted by Gasteiger charge is 2.58. The molecule has 142 valence electrons. The zero-order chi connectivity index (χ0) is 19.4. The van der Waals surface area contributed by atoms with Gasteiger partial charge in [0.1, 0.15) is 5.41 Å². The molecule has 1 saturated carbocycles. The first-order chi connectivity index (χ1) is 13.0. The lowest BCUT2D eigenvalue weighted by atomic mass is 10.0. The monoisotopic (exact) mass is 364 g/mol. The summed E-state index contributed by atoms with van der Waals surface area (Å²) >= 11 is 0. The first kappa shape index (κ1) is 19.2.